The monoisotopic (exact) mass is 233 g/mol. The predicted molar refractivity (Wildman–Crippen MR) is 63.7 cm³/mol. The Kier molecular flexibility index (Phi) is 2.09. The Morgan fingerprint density at radius 2 is 2.12 bits per heavy atom. The molecular weight excluding hydrogens is 218 g/mol. The van der Waals surface area contributed by atoms with Crippen LogP contribution in [0.2, 0.25) is 0 Å². The number of nitrogens with zero attached hydrogens (tertiary/aromatic N) is 4. The van der Waals surface area contributed by atoms with E-state index in [2.05, 4.69) is 19.9 Å². The highest BCUT2D eigenvalue weighted by atomic mass is 16.3. The van der Waals surface area contributed by atoms with Crippen LogP contribution in [0.3, 0.4) is 0 Å². The van der Waals surface area contributed by atoms with Crippen LogP contribution in [0.15, 0.2) is 12.7 Å². The Hall–Kier alpha value is -1.69. The molecule has 6 nitrogen and oxygen atoms in total. The van der Waals surface area contributed by atoms with Crippen LogP contribution in [-0.2, 0) is 0 Å². The minimum absolute atomic E-state index is 0.248. The maximum Gasteiger partial charge on any atom is 0.182 e. The molecular formula is C11H15N5O. The van der Waals surface area contributed by atoms with Crippen LogP contribution in [0, 0.1) is 5.92 Å². The van der Waals surface area contributed by atoms with Crippen LogP contribution < -0.4 is 4.90 Å². The van der Waals surface area contributed by atoms with Crippen molar-refractivity contribution < 1.29 is 5.11 Å². The van der Waals surface area contributed by atoms with E-state index in [-0.39, 0.29) is 5.92 Å². The number of imidazole rings is 1. The molecule has 1 aliphatic heterocycles. The molecule has 0 radical (unpaired) electrons. The molecule has 90 valence electrons. The second-order valence-corrected chi connectivity index (χ2v) is 4.91. The number of nitrogens with one attached hydrogen (secondary N) is 1. The van der Waals surface area contributed by atoms with Gasteiger partial charge in [-0.25, -0.2) is 15.0 Å². The summed E-state index contributed by atoms with van der Waals surface area (Å²) < 4.78 is 0. The van der Waals surface area contributed by atoms with Gasteiger partial charge in [0, 0.05) is 0 Å². The van der Waals surface area contributed by atoms with Gasteiger partial charge in [0.1, 0.15) is 17.4 Å². The van der Waals surface area contributed by atoms with Gasteiger partial charge in [-0.2, -0.15) is 0 Å². The molecule has 0 aliphatic carbocycles. The van der Waals surface area contributed by atoms with Crippen molar-refractivity contribution in [2.75, 3.05) is 18.0 Å². The van der Waals surface area contributed by atoms with Crippen molar-refractivity contribution in [3.05, 3.63) is 12.7 Å². The van der Waals surface area contributed by atoms with E-state index in [9.17, 15) is 5.11 Å². The number of hydrogen-bond donors (Lipinski definition) is 2. The average Bonchev–Trinajstić information content (AvgIpc) is 2.72. The molecule has 0 spiro atoms. The average molecular weight is 233 g/mol. The fraction of sp³-hybridized carbons (Fsp3) is 0.545. The molecule has 0 aromatic carbocycles. The summed E-state index contributed by atoms with van der Waals surface area (Å²) in [5.41, 5.74) is 0.894. The first-order chi connectivity index (χ1) is 8.10. The maximum atomic E-state index is 10.2. The third-order valence-electron chi connectivity index (χ3n) is 3.51. The zero-order chi connectivity index (χ0) is 12.0. The van der Waals surface area contributed by atoms with E-state index in [1.54, 1.807) is 6.33 Å². The summed E-state index contributed by atoms with van der Waals surface area (Å²) in [4.78, 5) is 17.5. The molecule has 1 saturated heterocycles. The van der Waals surface area contributed by atoms with Crippen LogP contribution in [0.5, 0.6) is 0 Å². The van der Waals surface area contributed by atoms with Crippen molar-refractivity contribution >= 4 is 17.0 Å². The Labute approximate surface area is 98.7 Å². The third kappa shape index (κ3) is 1.48. The van der Waals surface area contributed by atoms with Crippen molar-refractivity contribution in [3.8, 4) is 0 Å². The topological polar surface area (TPSA) is 77.9 Å². The fourth-order valence-electron chi connectivity index (χ4n) is 2.12. The molecule has 2 N–H and O–H groups in total. The maximum absolute atomic E-state index is 10.2. The standard InChI is InChI=1S/C11H15N5O/c1-7(2)11(17)3-16(4-11)10-8-9(13-5-12-8)14-6-15-10/h5-7,17H,3-4H2,1-2H3,(H,12,13,14,15). The van der Waals surface area contributed by atoms with Gasteiger partial charge >= 0.3 is 0 Å². The molecule has 6 heteroatoms. The number of β-amino-alcohol motifs (C(OH)–C–C–N with tert-alkyl or cyclic N) is 1. The number of aromatic amines is 1. The lowest BCUT2D eigenvalue weighted by Crippen LogP contribution is -2.65. The highest BCUT2D eigenvalue weighted by Gasteiger charge is 2.44. The molecule has 0 saturated carbocycles. The first-order valence-electron chi connectivity index (χ1n) is 5.71. The molecule has 1 aliphatic rings. The van der Waals surface area contributed by atoms with E-state index >= 15 is 0 Å². The number of aromatic nitrogens is 4. The highest BCUT2D eigenvalue weighted by Crippen LogP contribution is 2.33. The zero-order valence-electron chi connectivity index (χ0n) is 9.88. The Bertz CT molecular complexity index is 544. The lowest BCUT2D eigenvalue weighted by molar-refractivity contribution is -0.0303. The van der Waals surface area contributed by atoms with E-state index in [1.807, 2.05) is 18.7 Å². The number of aliphatic hydroxyl groups is 1. The van der Waals surface area contributed by atoms with Crippen LogP contribution >= 0.6 is 0 Å². The summed E-state index contributed by atoms with van der Waals surface area (Å²) in [7, 11) is 0. The van der Waals surface area contributed by atoms with Crippen molar-refractivity contribution in [3.63, 3.8) is 0 Å². The van der Waals surface area contributed by atoms with Crippen molar-refractivity contribution in [2.45, 2.75) is 19.4 Å². The SMILES string of the molecule is CC(C)C1(O)CN(c2ncnc3nc[nH]c23)C1. The molecule has 3 rings (SSSR count). The molecule has 1 fully saturated rings. The fourth-order valence-corrected chi connectivity index (χ4v) is 2.12. The Morgan fingerprint density at radius 3 is 2.82 bits per heavy atom. The van der Waals surface area contributed by atoms with E-state index in [0.29, 0.717) is 18.7 Å². The molecule has 2 aromatic heterocycles. The van der Waals surface area contributed by atoms with Gasteiger partial charge in [0.05, 0.1) is 19.4 Å². The summed E-state index contributed by atoms with van der Waals surface area (Å²) in [6, 6.07) is 0. The van der Waals surface area contributed by atoms with Crippen LogP contribution in [0.1, 0.15) is 13.8 Å². The highest BCUT2D eigenvalue weighted by molar-refractivity contribution is 5.83. The second-order valence-electron chi connectivity index (χ2n) is 4.91. The quantitative estimate of drug-likeness (QED) is 0.792. The summed E-state index contributed by atoms with van der Waals surface area (Å²) in [5.74, 6) is 1.07. The van der Waals surface area contributed by atoms with Gasteiger partial charge in [-0.1, -0.05) is 13.8 Å². The molecule has 0 unspecified atom stereocenters. The zero-order valence-corrected chi connectivity index (χ0v) is 9.88. The molecule has 3 heterocycles. The van der Waals surface area contributed by atoms with Gasteiger partial charge < -0.3 is 15.0 Å². The van der Waals surface area contributed by atoms with Crippen LogP contribution in [0.4, 0.5) is 5.82 Å². The minimum Gasteiger partial charge on any atom is -0.386 e. The second kappa shape index (κ2) is 3.40. The van der Waals surface area contributed by atoms with E-state index in [1.165, 1.54) is 6.33 Å². The van der Waals surface area contributed by atoms with Gasteiger partial charge in [0.15, 0.2) is 11.5 Å². The number of fused-ring (bicyclic) bond motifs is 1. The first-order valence-corrected chi connectivity index (χ1v) is 5.71. The van der Waals surface area contributed by atoms with Gasteiger partial charge in [0.25, 0.3) is 0 Å². The van der Waals surface area contributed by atoms with Crippen LogP contribution in [0.25, 0.3) is 11.2 Å². The van der Waals surface area contributed by atoms with Crippen molar-refractivity contribution in [1.29, 1.82) is 0 Å². The summed E-state index contributed by atoms with van der Waals surface area (Å²) in [6.45, 7) is 5.28. The molecule has 0 atom stereocenters. The van der Waals surface area contributed by atoms with E-state index < -0.39 is 5.60 Å². The van der Waals surface area contributed by atoms with Crippen LogP contribution in [-0.4, -0.2) is 43.7 Å². The number of H-pyrrole nitrogens is 1. The molecule has 0 amide bonds. The summed E-state index contributed by atoms with van der Waals surface area (Å²) >= 11 is 0. The lowest BCUT2D eigenvalue weighted by Gasteiger charge is -2.49. The largest absolute Gasteiger partial charge is 0.386 e. The predicted octanol–water partition coefficient (Wildman–Crippen LogP) is 0.560. The van der Waals surface area contributed by atoms with Gasteiger partial charge in [-0.3, -0.25) is 0 Å². The first kappa shape index (κ1) is 10.5. The molecule has 0 bridgehead atoms. The Balaban J connectivity index is 1.90. The Morgan fingerprint density at radius 1 is 1.35 bits per heavy atom. The normalized spacial score (nSPS) is 18.7. The van der Waals surface area contributed by atoms with E-state index in [4.69, 9.17) is 0 Å². The number of rotatable bonds is 2. The van der Waals surface area contributed by atoms with Crippen molar-refractivity contribution in [1.82, 2.24) is 19.9 Å². The van der Waals surface area contributed by atoms with Gasteiger partial charge in [-0.15, -0.1) is 0 Å². The number of anilines is 1. The van der Waals surface area contributed by atoms with Gasteiger partial charge in [-0.05, 0) is 5.92 Å². The summed E-state index contributed by atoms with van der Waals surface area (Å²) in [5, 5.41) is 10.2. The van der Waals surface area contributed by atoms with E-state index in [0.717, 1.165) is 11.3 Å². The lowest BCUT2D eigenvalue weighted by atomic mass is 9.83. The third-order valence-corrected chi connectivity index (χ3v) is 3.51. The molecule has 17 heavy (non-hydrogen) atoms. The number of hydrogen-bond acceptors (Lipinski definition) is 5. The summed E-state index contributed by atoms with van der Waals surface area (Å²) in [6.07, 6.45) is 3.11. The molecule has 2 aromatic rings. The van der Waals surface area contributed by atoms with Crippen molar-refractivity contribution in [2.24, 2.45) is 5.92 Å². The minimum atomic E-state index is -0.600. The smallest absolute Gasteiger partial charge is 0.182 e. The van der Waals surface area contributed by atoms with Gasteiger partial charge in [0.2, 0.25) is 0 Å².